The maximum absolute atomic E-state index is 3.74. The van der Waals surface area contributed by atoms with Crippen LogP contribution in [0.25, 0.3) is 0 Å². The lowest BCUT2D eigenvalue weighted by Crippen LogP contribution is -2.26. The van der Waals surface area contributed by atoms with Gasteiger partial charge in [0.2, 0.25) is 0 Å². The summed E-state index contributed by atoms with van der Waals surface area (Å²) in [5.41, 5.74) is 0. The van der Waals surface area contributed by atoms with Gasteiger partial charge in [-0.25, -0.2) is 0 Å². The second kappa shape index (κ2) is 9.87. The van der Waals surface area contributed by atoms with Crippen LogP contribution in [0.5, 0.6) is 0 Å². The lowest BCUT2D eigenvalue weighted by Gasteiger charge is -2.17. The average molecular weight is 199 g/mol. The van der Waals surface area contributed by atoms with Crippen LogP contribution in [0.3, 0.4) is 0 Å². The fourth-order valence-corrected chi connectivity index (χ4v) is 1.94. The molecule has 0 rings (SSSR count). The summed E-state index contributed by atoms with van der Waals surface area (Å²) < 4.78 is 0. The van der Waals surface area contributed by atoms with Gasteiger partial charge in [0, 0.05) is 25.4 Å². The van der Waals surface area contributed by atoms with E-state index in [1.807, 2.05) is 23.9 Å². The highest BCUT2D eigenvalue weighted by Gasteiger charge is 1.98. The molecule has 0 spiro atoms. The van der Waals surface area contributed by atoms with Crippen LogP contribution in [0.15, 0.2) is 25.3 Å². The maximum Gasteiger partial charge on any atom is 0.0164 e. The van der Waals surface area contributed by atoms with Crippen molar-refractivity contribution in [1.29, 1.82) is 0 Å². The quantitative estimate of drug-likeness (QED) is 0.415. The van der Waals surface area contributed by atoms with Gasteiger partial charge in [0.15, 0.2) is 0 Å². The molecule has 1 nitrogen and oxygen atoms in total. The van der Waals surface area contributed by atoms with Crippen molar-refractivity contribution in [3.8, 4) is 0 Å². The van der Waals surface area contributed by atoms with Crippen LogP contribution in [0.1, 0.15) is 13.3 Å². The smallest absolute Gasteiger partial charge is 0.0164 e. The third-order valence-electron chi connectivity index (χ3n) is 1.67. The number of hydrogen-bond acceptors (Lipinski definition) is 2. The number of thioether (sulfide) groups is 1. The molecule has 0 aliphatic heterocycles. The first kappa shape index (κ1) is 12.8. The molecule has 0 aromatic carbocycles. The van der Waals surface area contributed by atoms with E-state index in [1.54, 1.807) is 0 Å². The van der Waals surface area contributed by atoms with Crippen LogP contribution in [0, 0.1) is 0 Å². The van der Waals surface area contributed by atoms with E-state index < -0.39 is 0 Å². The molecule has 0 aromatic rings. The van der Waals surface area contributed by atoms with Crippen molar-refractivity contribution in [2.45, 2.75) is 13.3 Å². The summed E-state index contributed by atoms with van der Waals surface area (Å²) in [5, 5.41) is 0. The second-order valence-electron chi connectivity index (χ2n) is 2.95. The highest BCUT2D eigenvalue weighted by Crippen LogP contribution is 2.02. The molecule has 0 unspecified atom stereocenters. The zero-order valence-corrected chi connectivity index (χ0v) is 9.48. The SMILES string of the molecule is C=CCN(CC=C)CCSCCC. The van der Waals surface area contributed by atoms with Gasteiger partial charge in [0.05, 0.1) is 0 Å². The molecule has 0 radical (unpaired) electrons. The minimum absolute atomic E-state index is 0.971. The van der Waals surface area contributed by atoms with Crippen LogP contribution in [0.2, 0.25) is 0 Å². The summed E-state index contributed by atoms with van der Waals surface area (Å²) in [6.07, 6.45) is 5.18. The van der Waals surface area contributed by atoms with Crippen molar-refractivity contribution >= 4 is 11.8 Å². The van der Waals surface area contributed by atoms with Crippen molar-refractivity contribution in [2.75, 3.05) is 31.1 Å². The number of nitrogens with zero attached hydrogens (tertiary/aromatic N) is 1. The molecule has 0 saturated carbocycles. The van der Waals surface area contributed by atoms with Gasteiger partial charge in [0.25, 0.3) is 0 Å². The highest BCUT2D eigenvalue weighted by molar-refractivity contribution is 7.99. The van der Waals surface area contributed by atoms with Gasteiger partial charge in [-0.05, 0) is 12.2 Å². The van der Waals surface area contributed by atoms with Gasteiger partial charge in [-0.2, -0.15) is 11.8 Å². The lowest BCUT2D eigenvalue weighted by molar-refractivity contribution is 0.358. The van der Waals surface area contributed by atoms with Gasteiger partial charge in [-0.15, -0.1) is 13.2 Å². The van der Waals surface area contributed by atoms with E-state index in [0.29, 0.717) is 0 Å². The number of hydrogen-bond donors (Lipinski definition) is 0. The van der Waals surface area contributed by atoms with Crippen molar-refractivity contribution in [3.05, 3.63) is 25.3 Å². The van der Waals surface area contributed by atoms with Crippen LogP contribution < -0.4 is 0 Å². The summed E-state index contributed by atoms with van der Waals surface area (Å²) in [7, 11) is 0. The molecule has 0 fully saturated rings. The van der Waals surface area contributed by atoms with Crippen LogP contribution in [-0.2, 0) is 0 Å². The summed E-state index contributed by atoms with van der Waals surface area (Å²) in [4.78, 5) is 2.35. The Bertz CT molecular complexity index is 124. The van der Waals surface area contributed by atoms with Gasteiger partial charge in [-0.1, -0.05) is 19.1 Å². The van der Waals surface area contributed by atoms with Gasteiger partial charge < -0.3 is 0 Å². The van der Waals surface area contributed by atoms with Crippen LogP contribution >= 0.6 is 11.8 Å². The molecule has 0 aromatic heterocycles. The zero-order valence-electron chi connectivity index (χ0n) is 8.67. The topological polar surface area (TPSA) is 3.24 Å². The highest BCUT2D eigenvalue weighted by atomic mass is 32.2. The Morgan fingerprint density at radius 3 is 2.23 bits per heavy atom. The van der Waals surface area contributed by atoms with Gasteiger partial charge >= 0.3 is 0 Å². The van der Waals surface area contributed by atoms with Gasteiger partial charge in [-0.3, -0.25) is 4.90 Å². The van der Waals surface area contributed by atoms with E-state index >= 15 is 0 Å². The average Bonchev–Trinajstić information content (AvgIpc) is 2.13. The Kier molecular flexibility index (Phi) is 9.72. The summed E-state index contributed by atoms with van der Waals surface area (Å²) in [5.74, 6) is 2.49. The molecular weight excluding hydrogens is 178 g/mol. The molecule has 2 heteroatoms. The molecule has 0 saturated heterocycles. The first-order valence-corrected chi connectivity index (χ1v) is 6.02. The first-order chi connectivity index (χ1) is 6.35. The fraction of sp³-hybridized carbons (Fsp3) is 0.636. The van der Waals surface area contributed by atoms with E-state index in [0.717, 1.165) is 19.6 Å². The standard InChI is InChI=1S/C11H21NS/c1-4-7-12(8-5-2)9-11-13-10-6-3/h4-5H,1-2,6-11H2,3H3. The van der Waals surface area contributed by atoms with Crippen LogP contribution in [-0.4, -0.2) is 36.0 Å². The maximum atomic E-state index is 3.74. The first-order valence-electron chi connectivity index (χ1n) is 4.87. The Hall–Kier alpha value is -0.210. The predicted molar refractivity (Wildman–Crippen MR) is 64.5 cm³/mol. The molecule has 0 bridgehead atoms. The largest absolute Gasteiger partial charge is 0.295 e. The minimum atomic E-state index is 0.971. The van der Waals surface area contributed by atoms with Gasteiger partial charge in [0.1, 0.15) is 0 Å². The molecule has 76 valence electrons. The Morgan fingerprint density at radius 1 is 1.15 bits per heavy atom. The van der Waals surface area contributed by atoms with E-state index in [1.165, 1.54) is 17.9 Å². The zero-order chi connectivity index (χ0) is 9.94. The molecule has 0 N–H and O–H groups in total. The minimum Gasteiger partial charge on any atom is -0.295 e. The lowest BCUT2D eigenvalue weighted by atomic mass is 10.4. The molecular formula is C11H21NS. The molecule has 0 aliphatic rings. The summed E-state index contributed by atoms with van der Waals surface area (Å²) >= 11 is 2.02. The Labute approximate surface area is 86.9 Å². The Balaban J connectivity index is 3.43. The van der Waals surface area contributed by atoms with Crippen molar-refractivity contribution in [1.82, 2.24) is 4.90 Å². The molecule has 0 atom stereocenters. The monoisotopic (exact) mass is 199 g/mol. The third kappa shape index (κ3) is 8.13. The molecule has 13 heavy (non-hydrogen) atoms. The second-order valence-corrected chi connectivity index (χ2v) is 4.17. The van der Waals surface area contributed by atoms with E-state index in [4.69, 9.17) is 0 Å². The molecule has 0 aliphatic carbocycles. The predicted octanol–water partition coefficient (Wildman–Crippen LogP) is 2.80. The summed E-state index contributed by atoms with van der Waals surface area (Å²) in [6, 6.07) is 0. The normalized spacial score (nSPS) is 10.3. The van der Waals surface area contributed by atoms with E-state index in [9.17, 15) is 0 Å². The van der Waals surface area contributed by atoms with Crippen molar-refractivity contribution in [3.63, 3.8) is 0 Å². The van der Waals surface area contributed by atoms with E-state index in [-0.39, 0.29) is 0 Å². The fourth-order valence-electron chi connectivity index (χ4n) is 1.06. The van der Waals surface area contributed by atoms with Crippen molar-refractivity contribution in [2.24, 2.45) is 0 Å². The third-order valence-corrected chi connectivity index (χ3v) is 2.84. The van der Waals surface area contributed by atoms with Crippen molar-refractivity contribution < 1.29 is 0 Å². The molecule has 0 heterocycles. The Morgan fingerprint density at radius 2 is 1.77 bits per heavy atom. The number of rotatable bonds is 9. The summed E-state index contributed by atoms with van der Waals surface area (Å²) in [6.45, 7) is 12.8. The van der Waals surface area contributed by atoms with Crippen LogP contribution in [0.4, 0.5) is 0 Å². The van der Waals surface area contributed by atoms with E-state index in [2.05, 4.69) is 25.0 Å². The molecule has 0 amide bonds.